The van der Waals surface area contributed by atoms with E-state index in [1.807, 2.05) is 36.4 Å². The number of carbonyl (C=O) groups is 2. The summed E-state index contributed by atoms with van der Waals surface area (Å²) < 4.78 is 0. The minimum Gasteiger partial charge on any atom is -0.444 e. The number of carbonyl (C=O) groups excluding carboxylic acids is 2. The molecule has 3 heterocycles. The van der Waals surface area contributed by atoms with E-state index < -0.39 is 0 Å². The predicted octanol–water partition coefficient (Wildman–Crippen LogP) is 2.71. The minimum absolute atomic E-state index is 0.0116. The predicted molar refractivity (Wildman–Crippen MR) is 122 cm³/mol. The second-order valence-electron chi connectivity index (χ2n) is 8.04. The third-order valence-electron chi connectivity index (χ3n) is 5.93. The third kappa shape index (κ3) is 3.80. The highest BCUT2D eigenvalue weighted by molar-refractivity contribution is 6.00. The van der Waals surface area contributed by atoms with E-state index in [4.69, 9.17) is 5.11 Å². The lowest BCUT2D eigenvalue weighted by Gasteiger charge is -2.21. The van der Waals surface area contributed by atoms with Gasteiger partial charge in [-0.1, -0.05) is 18.2 Å². The molecule has 0 saturated carbocycles. The van der Waals surface area contributed by atoms with Gasteiger partial charge in [0.1, 0.15) is 6.04 Å². The Kier molecular flexibility index (Phi) is 5.28. The van der Waals surface area contributed by atoms with Gasteiger partial charge in [0, 0.05) is 35.1 Å². The molecule has 1 aromatic heterocycles. The van der Waals surface area contributed by atoms with Gasteiger partial charge in [-0.2, -0.15) is 0 Å². The summed E-state index contributed by atoms with van der Waals surface area (Å²) in [7, 11) is 0. The van der Waals surface area contributed by atoms with Crippen LogP contribution in [0.1, 0.15) is 28.8 Å². The van der Waals surface area contributed by atoms with Crippen LogP contribution in [-0.2, 0) is 11.2 Å². The van der Waals surface area contributed by atoms with Crippen molar-refractivity contribution in [2.24, 2.45) is 0 Å². The van der Waals surface area contributed by atoms with Crippen molar-refractivity contribution < 1.29 is 14.7 Å². The average Bonchev–Trinajstić information content (AvgIpc) is 3.24. The van der Waals surface area contributed by atoms with E-state index in [2.05, 4.69) is 20.6 Å². The van der Waals surface area contributed by atoms with Crippen LogP contribution in [0.3, 0.4) is 0 Å². The van der Waals surface area contributed by atoms with Crippen molar-refractivity contribution in [1.29, 1.82) is 0 Å². The van der Waals surface area contributed by atoms with Crippen LogP contribution in [0, 0.1) is 0 Å². The molecule has 0 unspecified atom stereocenters. The lowest BCUT2D eigenvalue weighted by Crippen LogP contribution is -2.37. The molecule has 1 fully saturated rings. The maximum Gasteiger partial charge on any atom is 0.254 e. The Morgan fingerprint density at radius 3 is 2.81 bits per heavy atom. The molecule has 1 atom stereocenters. The Hall–Kier alpha value is -3.78. The van der Waals surface area contributed by atoms with Crippen molar-refractivity contribution in [2.45, 2.75) is 25.3 Å². The largest absolute Gasteiger partial charge is 0.444 e. The molecule has 8 heteroatoms. The fourth-order valence-corrected chi connectivity index (χ4v) is 4.30. The van der Waals surface area contributed by atoms with Crippen molar-refractivity contribution >= 4 is 29.1 Å². The average molecular weight is 430 g/mol. The Balaban J connectivity index is 1.37. The number of aromatic nitrogens is 2. The molecule has 3 aromatic rings. The van der Waals surface area contributed by atoms with E-state index in [0.29, 0.717) is 18.1 Å². The molecular weight excluding hydrogens is 406 g/mol. The lowest BCUT2D eigenvalue weighted by molar-refractivity contribution is -0.115. The zero-order valence-electron chi connectivity index (χ0n) is 17.5. The summed E-state index contributed by atoms with van der Waals surface area (Å²) in [6.07, 6.45) is 3.75. The van der Waals surface area contributed by atoms with Gasteiger partial charge in [0.25, 0.3) is 5.91 Å². The van der Waals surface area contributed by atoms with Crippen LogP contribution in [0.5, 0.6) is 0 Å². The second-order valence-corrected chi connectivity index (χ2v) is 8.04. The molecule has 4 N–H and O–H groups in total. The number of anilines is 3. The number of para-hydroxylation sites is 1. The van der Waals surface area contributed by atoms with E-state index in [1.165, 1.54) is 0 Å². The number of hydrogen-bond acceptors (Lipinski definition) is 5. The second kappa shape index (κ2) is 8.39. The first-order chi connectivity index (χ1) is 15.6. The van der Waals surface area contributed by atoms with E-state index >= 15 is 0 Å². The van der Waals surface area contributed by atoms with Gasteiger partial charge in [0.15, 0.2) is 6.61 Å². The molecule has 162 valence electrons. The van der Waals surface area contributed by atoms with Gasteiger partial charge in [-0.25, -0.2) is 9.97 Å². The highest BCUT2D eigenvalue weighted by atomic mass is 16.3. The van der Waals surface area contributed by atoms with Crippen molar-refractivity contribution in [2.75, 3.05) is 23.8 Å². The summed E-state index contributed by atoms with van der Waals surface area (Å²) in [5, 5.41) is 13.7. The molecule has 2 amide bonds. The van der Waals surface area contributed by atoms with E-state index in [9.17, 15) is 9.59 Å². The first-order valence-electron chi connectivity index (χ1n) is 10.7. The fourth-order valence-electron chi connectivity index (χ4n) is 4.30. The monoisotopic (exact) mass is 430 g/mol. The number of nitrogens with zero attached hydrogens (tertiary/aromatic N) is 3. The summed E-state index contributed by atoms with van der Waals surface area (Å²) in [6, 6.07) is 14.8. The Labute approximate surface area is 185 Å². The van der Waals surface area contributed by atoms with Crippen LogP contribution in [0.15, 0.2) is 54.7 Å². The van der Waals surface area contributed by atoms with Gasteiger partial charge in [-0.05, 0) is 43.2 Å². The van der Waals surface area contributed by atoms with Crippen molar-refractivity contribution in [3.05, 3.63) is 65.9 Å². The number of hydrogen-bond donors (Lipinski definition) is 2. The first-order valence-corrected chi connectivity index (χ1v) is 10.7. The molecule has 0 aliphatic carbocycles. The highest BCUT2D eigenvalue weighted by Gasteiger charge is 2.30. The Bertz CT molecular complexity index is 1180. The highest BCUT2D eigenvalue weighted by Crippen LogP contribution is 2.33. The summed E-state index contributed by atoms with van der Waals surface area (Å²) in [4.78, 5) is 35.8. The summed E-state index contributed by atoms with van der Waals surface area (Å²) in [6.45, 7) is 0.954. The number of benzene rings is 2. The van der Waals surface area contributed by atoms with E-state index in [0.717, 1.165) is 41.0 Å². The maximum absolute atomic E-state index is 12.8. The first kappa shape index (κ1) is 20.1. The third-order valence-corrected chi connectivity index (χ3v) is 5.93. The van der Waals surface area contributed by atoms with Crippen LogP contribution in [0.4, 0.5) is 17.3 Å². The van der Waals surface area contributed by atoms with Crippen LogP contribution >= 0.6 is 0 Å². The molecule has 0 bridgehead atoms. The van der Waals surface area contributed by atoms with Gasteiger partial charge in [0.2, 0.25) is 11.9 Å². The van der Waals surface area contributed by atoms with Gasteiger partial charge >= 0.3 is 0 Å². The molecule has 32 heavy (non-hydrogen) atoms. The quantitative estimate of drug-likeness (QED) is 0.619. The number of rotatable bonds is 4. The van der Waals surface area contributed by atoms with Crippen molar-refractivity contribution in [3.8, 4) is 11.3 Å². The molecule has 0 spiro atoms. The molecular formula is C24H24N5O3+. The molecule has 2 aliphatic rings. The Morgan fingerprint density at radius 2 is 2.00 bits per heavy atom. The summed E-state index contributed by atoms with van der Waals surface area (Å²) in [5.74, 6) is 0.300. The van der Waals surface area contributed by atoms with Crippen LogP contribution in [0.2, 0.25) is 0 Å². The maximum atomic E-state index is 12.8. The number of likely N-dealkylation sites (tertiary alicyclic amines) is 1. The van der Waals surface area contributed by atoms with Crippen molar-refractivity contribution in [1.82, 2.24) is 14.9 Å². The minimum atomic E-state index is -0.0913. The van der Waals surface area contributed by atoms with Gasteiger partial charge in [-0.15, -0.1) is 0 Å². The zero-order valence-corrected chi connectivity index (χ0v) is 17.5. The zero-order chi connectivity index (χ0) is 22.1. The molecule has 5 rings (SSSR count). The molecule has 2 aliphatic heterocycles. The molecule has 8 nitrogen and oxygen atoms in total. The number of fused-ring (bicyclic) bond motifs is 3. The SMILES string of the molecule is O=C1Cc2cnc(Nc3ccc(C(=O)N4CCC[C@H]4C[OH2+])cc3)nc2-c2ccccc2N1. The standard InChI is InChI=1S/C24H23N5O3/c30-14-18-4-3-11-29(18)23(32)15-7-9-17(10-8-15)26-24-25-13-16-12-21(31)27-20-6-2-1-5-19(20)22(16)28-24/h1-2,5-10,13,18,30H,3-4,11-12,14H2,(H,27,31)(H,25,26,28)/p+1/t18-/m0/s1. The smallest absolute Gasteiger partial charge is 0.254 e. The van der Waals surface area contributed by atoms with E-state index in [1.54, 1.807) is 23.2 Å². The summed E-state index contributed by atoms with van der Waals surface area (Å²) in [5.41, 5.74) is 4.45. The lowest BCUT2D eigenvalue weighted by atomic mass is 10.1. The molecule has 1 saturated heterocycles. The van der Waals surface area contributed by atoms with Gasteiger partial charge < -0.3 is 20.6 Å². The fraction of sp³-hybridized carbons (Fsp3) is 0.250. The number of nitrogens with one attached hydrogen (secondary N) is 2. The molecule has 2 aromatic carbocycles. The summed E-state index contributed by atoms with van der Waals surface area (Å²) >= 11 is 0. The van der Waals surface area contributed by atoms with Crippen LogP contribution < -0.4 is 10.6 Å². The molecule has 0 radical (unpaired) electrons. The Morgan fingerprint density at radius 1 is 1.19 bits per heavy atom. The normalized spacial score (nSPS) is 17.2. The topological polar surface area (TPSA) is 110 Å². The van der Waals surface area contributed by atoms with Gasteiger partial charge in [0.05, 0.1) is 17.8 Å². The van der Waals surface area contributed by atoms with Crippen LogP contribution in [0.25, 0.3) is 11.3 Å². The van der Waals surface area contributed by atoms with Crippen molar-refractivity contribution in [3.63, 3.8) is 0 Å². The van der Waals surface area contributed by atoms with Gasteiger partial charge in [-0.3, -0.25) is 9.59 Å². The van der Waals surface area contributed by atoms with E-state index in [-0.39, 0.29) is 30.9 Å². The number of amides is 2. The van der Waals surface area contributed by atoms with Crippen LogP contribution in [-0.4, -0.2) is 51.0 Å².